The quantitative estimate of drug-likeness (QED) is 0.571. The molecule has 0 aliphatic rings. The molecule has 6 heteroatoms. The summed E-state index contributed by atoms with van der Waals surface area (Å²) in [6, 6.07) is 0. The van der Waals surface area contributed by atoms with Crippen LogP contribution in [0.3, 0.4) is 0 Å². The van der Waals surface area contributed by atoms with Crippen molar-refractivity contribution in [1.82, 2.24) is 14.9 Å². The van der Waals surface area contributed by atoms with Crippen LogP contribution in [0.25, 0.3) is 0 Å². The predicted molar refractivity (Wildman–Crippen MR) is 68.5 cm³/mol. The number of rotatable bonds is 7. The summed E-state index contributed by atoms with van der Waals surface area (Å²) in [5.41, 5.74) is 1.12. The zero-order valence-corrected chi connectivity index (χ0v) is 11.1. The van der Waals surface area contributed by atoms with Crippen LogP contribution in [-0.2, 0) is 22.5 Å². The number of ether oxygens (including phenoxy) is 1. The number of H-pyrrole nitrogens is 1. The lowest BCUT2D eigenvalue weighted by molar-refractivity contribution is -0.121. The van der Waals surface area contributed by atoms with Gasteiger partial charge in [0.05, 0.1) is 6.61 Å². The molecule has 0 radical (unpaired) electrons. The number of nitrogens with zero attached hydrogens (tertiary/aromatic N) is 1. The van der Waals surface area contributed by atoms with Gasteiger partial charge in [0.25, 0.3) is 0 Å². The third-order valence-electron chi connectivity index (χ3n) is 2.51. The van der Waals surface area contributed by atoms with Crippen LogP contribution in [0, 0.1) is 4.77 Å². The van der Waals surface area contributed by atoms with Crippen LogP contribution in [0.2, 0.25) is 0 Å². The normalized spacial score (nSPS) is 10.5. The fourth-order valence-electron chi connectivity index (χ4n) is 1.56. The first kappa shape index (κ1) is 13.9. The summed E-state index contributed by atoms with van der Waals surface area (Å²) in [7, 11) is 1.61. The Balaban J connectivity index is 2.41. The number of imidazole rings is 1. The van der Waals surface area contributed by atoms with Crippen LogP contribution >= 0.6 is 12.2 Å². The SMILES string of the molecule is CCc1c[nH]c(=S)n1CCC(=O)NCCOC. The molecule has 0 bridgehead atoms. The van der Waals surface area contributed by atoms with Gasteiger partial charge in [0, 0.05) is 38.5 Å². The molecular weight excluding hydrogens is 238 g/mol. The molecule has 0 saturated heterocycles. The van der Waals surface area contributed by atoms with Gasteiger partial charge in [-0.25, -0.2) is 0 Å². The Morgan fingerprint density at radius 3 is 3.06 bits per heavy atom. The first-order chi connectivity index (χ1) is 8.19. The lowest BCUT2D eigenvalue weighted by atomic mass is 10.3. The zero-order chi connectivity index (χ0) is 12.7. The first-order valence-corrected chi connectivity index (χ1v) is 6.12. The van der Waals surface area contributed by atoms with Gasteiger partial charge in [-0.1, -0.05) is 6.92 Å². The number of amides is 1. The first-order valence-electron chi connectivity index (χ1n) is 5.71. The average Bonchev–Trinajstić information content (AvgIpc) is 2.67. The molecular formula is C11H19N3O2S. The smallest absolute Gasteiger partial charge is 0.221 e. The van der Waals surface area contributed by atoms with Crippen LogP contribution in [0.4, 0.5) is 0 Å². The molecule has 0 fully saturated rings. The minimum absolute atomic E-state index is 0.0206. The third-order valence-corrected chi connectivity index (χ3v) is 2.85. The van der Waals surface area contributed by atoms with Crippen LogP contribution in [-0.4, -0.2) is 35.7 Å². The molecule has 2 N–H and O–H groups in total. The van der Waals surface area contributed by atoms with Gasteiger partial charge in [-0.05, 0) is 18.6 Å². The van der Waals surface area contributed by atoms with Gasteiger partial charge in [-0.2, -0.15) is 0 Å². The molecule has 0 aliphatic heterocycles. The second-order valence-corrected chi connectivity index (χ2v) is 4.07. The summed E-state index contributed by atoms with van der Waals surface area (Å²) < 4.78 is 7.49. The molecule has 0 atom stereocenters. The van der Waals surface area contributed by atoms with Crippen LogP contribution in [0.1, 0.15) is 19.0 Å². The molecule has 5 nitrogen and oxygen atoms in total. The van der Waals surface area contributed by atoms with Crippen LogP contribution < -0.4 is 5.32 Å². The van der Waals surface area contributed by atoms with Crippen molar-refractivity contribution in [1.29, 1.82) is 0 Å². The maximum Gasteiger partial charge on any atom is 0.221 e. The molecule has 0 spiro atoms. The Labute approximate surface area is 106 Å². The van der Waals surface area contributed by atoms with E-state index in [1.165, 1.54) is 0 Å². The van der Waals surface area contributed by atoms with Crippen molar-refractivity contribution in [2.75, 3.05) is 20.3 Å². The van der Waals surface area contributed by atoms with E-state index in [-0.39, 0.29) is 5.91 Å². The van der Waals surface area contributed by atoms with Crippen molar-refractivity contribution >= 4 is 18.1 Å². The fraction of sp³-hybridized carbons (Fsp3) is 0.636. The number of aromatic nitrogens is 2. The second-order valence-electron chi connectivity index (χ2n) is 3.68. The highest BCUT2D eigenvalue weighted by Gasteiger charge is 2.05. The van der Waals surface area contributed by atoms with E-state index >= 15 is 0 Å². The molecule has 96 valence electrons. The molecule has 0 saturated carbocycles. The van der Waals surface area contributed by atoms with Gasteiger partial charge in [-0.3, -0.25) is 4.79 Å². The molecule has 0 aliphatic carbocycles. The van der Waals surface area contributed by atoms with Crippen molar-refractivity contribution in [3.8, 4) is 0 Å². The number of hydrogen-bond donors (Lipinski definition) is 2. The van der Waals surface area contributed by atoms with Crippen molar-refractivity contribution in [3.05, 3.63) is 16.7 Å². The molecule has 0 unspecified atom stereocenters. The van der Waals surface area contributed by atoms with Gasteiger partial charge in [0.1, 0.15) is 0 Å². The second kappa shape index (κ2) is 7.24. The van der Waals surface area contributed by atoms with Crippen molar-refractivity contribution in [2.45, 2.75) is 26.3 Å². The van der Waals surface area contributed by atoms with Gasteiger partial charge in [-0.15, -0.1) is 0 Å². The summed E-state index contributed by atoms with van der Waals surface area (Å²) in [6.45, 7) is 3.77. The topological polar surface area (TPSA) is 59.0 Å². The average molecular weight is 257 g/mol. The fourth-order valence-corrected chi connectivity index (χ4v) is 1.83. The largest absolute Gasteiger partial charge is 0.383 e. The monoisotopic (exact) mass is 257 g/mol. The standard InChI is InChI=1S/C11H19N3O2S/c1-3-9-8-13-11(17)14(9)6-4-10(15)12-5-7-16-2/h8H,3-7H2,1-2H3,(H,12,15)(H,13,17). The molecule has 17 heavy (non-hydrogen) atoms. The number of methoxy groups -OCH3 is 1. The lowest BCUT2D eigenvalue weighted by Gasteiger charge is -2.07. The molecule has 1 aromatic rings. The van der Waals surface area contributed by atoms with E-state index in [0.29, 0.717) is 30.9 Å². The molecule has 1 rings (SSSR count). The summed E-state index contributed by atoms with van der Waals surface area (Å²) >= 11 is 5.15. The Hall–Kier alpha value is -1.14. The van der Waals surface area contributed by atoms with E-state index in [4.69, 9.17) is 17.0 Å². The van der Waals surface area contributed by atoms with Crippen molar-refractivity contribution in [2.24, 2.45) is 0 Å². The number of nitrogens with one attached hydrogen (secondary N) is 2. The number of carbonyl (C=O) groups is 1. The Kier molecular flexibility index (Phi) is 5.93. The van der Waals surface area contributed by atoms with Crippen LogP contribution in [0.15, 0.2) is 6.20 Å². The molecule has 1 aromatic heterocycles. The van der Waals surface area contributed by atoms with Gasteiger partial charge >= 0.3 is 0 Å². The maximum atomic E-state index is 11.5. The third kappa shape index (κ3) is 4.32. The van der Waals surface area contributed by atoms with E-state index in [1.54, 1.807) is 7.11 Å². The highest BCUT2D eigenvalue weighted by molar-refractivity contribution is 7.71. The zero-order valence-electron chi connectivity index (χ0n) is 10.3. The van der Waals surface area contributed by atoms with Gasteiger partial charge in [0.2, 0.25) is 5.91 Å². The molecule has 0 aromatic carbocycles. The Morgan fingerprint density at radius 2 is 2.41 bits per heavy atom. The van der Waals surface area contributed by atoms with Crippen molar-refractivity contribution in [3.63, 3.8) is 0 Å². The highest BCUT2D eigenvalue weighted by Crippen LogP contribution is 2.03. The van der Waals surface area contributed by atoms with Crippen LogP contribution in [0.5, 0.6) is 0 Å². The number of hydrogen-bond acceptors (Lipinski definition) is 3. The maximum absolute atomic E-state index is 11.5. The lowest BCUT2D eigenvalue weighted by Crippen LogP contribution is -2.27. The minimum Gasteiger partial charge on any atom is -0.383 e. The number of aromatic amines is 1. The summed E-state index contributed by atoms with van der Waals surface area (Å²) in [5.74, 6) is 0.0206. The van der Waals surface area contributed by atoms with E-state index in [0.717, 1.165) is 12.1 Å². The van der Waals surface area contributed by atoms with E-state index in [2.05, 4.69) is 17.2 Å². The van der Waals surface area contributed by atoms with E-state index < -0.39 is 0 Å². The summed E-state index contributed by atoms with van der Waals surface area (Å²) in [6.07, 6.45) is 3.23. The number of carbonyl (C=O) groups excluding carboxylic acids is 1. The van der Waals surface area contributed by atoms with Gasteiger partial charge in [0.15, 0.2) is 4.77 Å². The molecule has 1 amide bonds. The summed E-state index contributed by atoms with van der Waals surface area (Å²) in [5, 5.41) is 2.78. The van der Waals surface area contributed by atoms with E-state index in [1.807, 2.05) is 10.8 Å². The van der Waals surface area contributed by atoms with E-state index in [9.17, 15) is 4.79 Å². The Morgan fingerprint density at radius 1 is 1.65 bits per heavy atom. The van der Waals surface area contributed by atoms with Crippen molar-refractivity contribution < 1.29 is 9.53 Å². The minimum atomic E-state index is 0.0206. The highest BCUT2D eigenvalue weighted by atomic mass is 32.1. The molecule has 1 heterocycles. The Bertz CT molecular complexity index is 411. The number of aryl methyl sites for hydroxylation is 1. The van der Waals surface area contributed by atoms with Gasteiger partial charge < -0.3 is 19.6 Å². The summed E-state index contributed by atoms with van der Waals surface area (Å²) in [4.78, 5) is 14.5. The predicted octanol–water partition coefficient (Wildman–Crippen LogP) is 1.26.